The second-order valence-corrected chi connectivity index (χ2v) is 8.50. The molecule has 2 fully saturated rings. The van der Waals surface area contributed by atoms with E-state index in [9.17, 15) is 0 Å². The molecule has 1 N–H and O–H groups in total. The van der Waals surface area contributed by atoms with Crippen molar-refractivity contribution in [1.82, 2.24) is 19.8 Å². The molecule has 1 aliphatic carbocycles. The van der Waals surface area contributed by atoms with E-state index in [1.54, 1.807) is 11.3 Å². The van der Waals surface area contributed by atoms with Gasteiger partial charge in [-0.2, -0.15) is 11.3 Å². The lowest BCUT2D eigenvalue weighted by molar-refractivity contribution is 0.186. The van der Waals surface area contributed by atoms with Gasteiger partial charge in [-0.05, 0) is 60.2 Å². The molecule has 118 valence electrons. The molecule has 22 heavy (non-hydrogen) atoms. The number of thiophene rings is 1. The quantitative estimate of drug-likeness (QED) is 0.893. The van der Waals surface area contributed by atoms with Gasteiger partial charge in [-0.15, -0.1) is 5.10 Å². The first kappa shape index (κ1) is 15.0. The summed E-state index contributed by atoms with van der Waals surface area (Å²) in [5, 5.41) is 12.1. The lowest BCUT2D eigenvalue weighted by Gasteiger charge is -2.29. The number of hydrogen-bond acceptors (Lipinski definition) is 6. The SMILES string of the molecule is Clc1snnc1CN(Cc1ccsc1)[C@H]1CC12CCNCC2. The predicted octanol–water partition coefficient (Wildman–Crippen LogP) is 3.40. The summed E-state index contributed by atoms with van der Waals surface area (Å²) in [5.41, 5.74) is 2.84. The summed E-state index contributed by atoms with van der Waals surface area (Å²) < 4.78 is 4.71. The Hall–Kier alpha value is -0.530. The highest BCUT2D eigenvalue weighted by atomic mass is 35.5. The minimum atomic E-state index is 0.525. The second kappa shape index (κ2) is 6.17. The molecule has 1 saturated heterocycles. The Morgan fingerprint density at radius 3 is 2.91 bits per heavy atom. The summed E-state index contributed by atoms with van der Waals surface area (Å²) in [6.07, 6.45) is 3.90. The van der Waals surface area contributed by atoms with Crippen molar-refractivity contribution in [3.8, 4) is 0 Å². The topological polar surface area (TPSA) is 41.1 Å². The van der Waals surface area contributed by atoms with Crippen LogP contribution in [0.1, 0.15) is 30.5 Å². The van der Waals surface area contributed by atoms with Crippen molar-refractivity contribution >= 4 is 34.5 Å². The van der Waals surface area contributed by atoms with Gasteiger partial charge in [0.1, 0.15) is 10.0 Å². The third-order valence-electron chi connectivity index (χ3n) is 5.01. The lowest BCUT2D eigenvalue weighted by atomic mass is 9.93. The van der Waals surface area contributed by atoms with Crippen LogP contribution in [-0.4, -0.2) is 33.6 Å². The molecule has 1 aliphatic heterocycles. The normalized spacial score (nSPS) is 23.3. The molecule has 0 aromatic carbocycles. The summed E-state index contributed by atoms with van der Waals surface area (Å²) in [6.45, 7) is 4.10. The van der Waals surface area contributed by atoms with Gasteiger partial charge in [-0.1, -0.05) is 16.1 Å². The molecular formula is C15H19ClN4S2. The smallest absolute Gasteiger partial charge is 0.138 e. The number of hydrogen-bond donors (Lipinski definition) is 1. The van der Waals surface area contributed by atoms with Crippen molar-refractivity contribution in [2.45, 2.75) is 38.4 Å². The van der Waals surface area contributed by atoms with Crippen LogP contribution in [0.25, 0.3) is 0 Å². The Kier molecular flexibility index (Phi) is 4.21. The van der Waals surface area contributed by atoms with Crippen LogP contribution >= 0.6 is 34.5 Å². The molecule has 7 heteroatoms. The summed E-state index contributed by atoms with van der Waals surface area (Å²) in [7, 11) is 0. The third-order valence-corrected chi connectivity index (χ3v) is 6.73. The molecule has 1 saturated carbocycles. The van der Waals surface area contributed by atoms with Gasteiger partial charge in [0, 0.05) is 30.7 Å². The van der Waals surface area contributed by atoms with Crippen molar-refractivity contribution in [2.24, 2.45) is 5.41 Å². The molecule has 2 aromatic heterocycles. The van der Waals surface area contributed by atoms with Crippen LogP contribution in [0.4, 0.5) is 0 Å². The maximum atomic E-state index is 6.23. The number of nitrogens with zero attached hydrogens (tertiary/aromatic N) is 3. The largest absolute Gasteiger partial charge is 0.317 e. The van der Waals surface area contributed by atoms with Crippen LogP contribution in [0, 0.1) is 5.41 Å². The van der Waals surface area contributed by atoms with Crippen LogP contribution in [0.2, 0.25) is 4.34 Å². The van der Waals surface area contributed by atoms with Gasteiger partial charge >= 0.3 is 0 Å². The van der Waals surface area contributed by atoms with Crippen molar-refractivity contribution < 1.29 is 0 Å². The van der Waals surface area contributed by atoms with Gasteiger partial charge in [-0.25, -0.2) is 0 Å². The summed E-state index contributed by atoms with van der Waals surface area (Å²) >= 11 is 9.27. The molecule has 2 aliphatic rings. The van der Waals surface area contributed by atoms with E-state index in [-0.39, 0.29) is 0 Å². The Balaban J connectivity index is 1.52. The zero-order valence-corrected chi connectivity index (χ0v) is 14.7. The highest BCUT2D eigenvalue weighted by Crippen LogP contribution is 2.56. The Morgan fingerprint density at radius 1 is 1.36 bits per heavy atom. The molecule has 0 amide bonds. The minimum absolute atomic E-state index is 0.525. The standard InChI is InChI=1S/C15H19ClN4S2/c16-14-12(18-19-22-14)9-20(8-11-1-6-21-10-11)13-7-15(13)2-4-17-5-3-15/h1,6,10,13,17H,2-5,7-9H2/t13-/m0/s1. The van der Waals surface area contributed by atoms with Gasteiger partial charge in [0.25, 0.3) is 0 Å². The molecule has 0 bridgehead atoms. The van der Waals surface area contributed by atoms with E-state index in [1.807, 2.05) is 0 Å². The Bertz CT molecular complexity index is 621. The number of aromatic nitrogens is 2. The number of piperidine rings is 1. The second-order valence-electron chi connectivity index (χ2n) is 6.36. The van der Waals surface area contributed by atoms with Crippen LogP contribution in [0.3, 0.4) is 0 Å². The first-order valence-electron chi connectivity index (χ1n) is 7.69. The number of nitrogens with one attached hydrogen (secondary N) is 1. The van der Waals surface area contributed by atoms with E-state index in [0.717, 1.165) is 36.2 Å². The summed E-state index contributed by atoms with van der Waals surface area (Å²) in [6, 6.07) is 2.88. The van der Waals surface area contributed by atoms with Gasteiger partial charge in [-0.3, -0.25) is 4.90 Å². The highest BCUT2D eigenvalue weighted by molar-refractivity contribution is 7.10. The number of rotatable bonds is 5. The zero-order chi connectivity index (χ0) is 15.0. The fourth-order valence-corrected chi connectivity index (χ4v) is 4.95. The molecule has 0 unspecified atom stereocenters. The van der Waals surface area contributed by atoms with Crippen LogP contribution < -0.4 is 5.32 Å². The summed E-state index contributed by atoms with van der Waals surface area (Å²) in [4.78, 5) is 2.57. The monoisotopic (exact) mass is 354 g/mol. The zero-order valence-electron chi connectivity index (χ0n) is 12.3. The van der Waals surface area contributed by atoms with Crippen molar-refractivity contribution in [2.75, 3.05) is 13.1 Å². The molecule has 3 heterocycles. The van der Waals surface area contributed by atoms with E-state index < -0.39 is 0 Å². The highest BCUT2D eigenvalue weighted by Gasteiger charge is 2.56. The Morgan fingerprint density at radius 2 is 2.23 bits per heavy atom. The first-order valence-corrected chi connectivity index (χ1v) is 9.79. The maximum Gasteiger partial charge on any atom is 0.138 e. The van der Waals surface area contributed by atoms with Gasteiger partial charge < -0.3 is 5.32 Å². The number of halogens is 1. The molecule has 1 atom stereocenters. The molecule has 0 radical (unpaired) electrons. The van der Waals surface area contributed by atoms with E-state index in [1.165, 1.54) is 36.4 Å². The van der Waals surface area contributed by atoms with Crippen molar-refractivity contribution in [3.63, 3.8) is 0 Å². The Labute approximate surface area is 143 Å². The van der Waals surface area contributed by atoms with E-state index in [2.05, 4.69) is 36.6 Å². The third kappa shape index (κ3) is 2.95. The van der Waals surface area contributed by atoms with Gasteiger partial charge in [0.2, 0.25) is 0 Å². The van der Waals surface area contributed by atoms with Crippen LogP contribution in [0.5, 0.6) is 0 Å². The van der Waals surface area contributed by atoms with Crippen LogP contribution in [-0.2, 0) is 13.1 Å². The fraction of sp³-hybridized carbons (Fsp3) is 0.600. The average Bonchev–Trinajstić information content (AvgIpc) is 2.90. The van der Waals surface area contributed by atoms with Crippen LogP contribution in [0.15, 0.2) is 16.8 Å². The van der Waals surface area contributed by atoms with Crippen molar-refractivity contribution in [1.29, 1.82) is 0 Å². The van der Waals surface area contributed by atoms with E-state index in [0.29, 0.717) is 11.5 Å². The van der Waals surface area contributed by atoms with E-state index in [4.69, 9.17) is 11.6 Å². The summed E-state index contributed by atoms with van der Waals surface area (Å²) in [5.74, 6) is 0. The maximum absolute atomic E-state index is 6.23. The average molecular weight is 355 g/mol. The van der Waals surface area contributed by atoms with Crippen molar-refractivity contribution in [3.05, 3.63) is 32.4 Å². The first-order chi connectivity index (χ1) is 10.8. The van der Waals surface area contributed by atoms with Gasteiger partial charge in [0.05, 0.1) is 0 Å². The molecule has 4 rings (SSSR count). The molecule has 1 spiro atoms. The minimum Gasteiger partial charge on any atom is -0.317 e. The lowest BCUT2D eigenvalue weighted by Crippen LogP contribution is -2.35. The predicted molar refractivity (Wildman–Crippen MR) is 91.4 cm³/mol. The molecule has 4 nitrogen and oxygen atoms in total. The fourth-order valence-electron chi connectivity index (χ4n) is 3.68. The van der Waals surface area contributed by atoms with Gasteiger partial charge in [0.15, 0.2) is 0 Å². The molecular weight excluding hydrogens is 336 g/mol. The van der Waals surface area contributed by atoms with E-state index >= 15 is 0 Å². The molecule has 2 aromatic rings.